The SMILES string of the molecule is O=C(c1ccc(CSc2ccc(Oc3ccccc3)cc2)cc1)N1CCOCC1. The predicted octanol–water partition coefficient (Wildman–Crippen LogP) is 5.24. The summed E-state index contributed by atoms with van der Waals surface area (Å²) in [4.78, 5) is 15.5. The number of hydrogen-bond acceptors (Lipinski definition) is 4. The fourth-order valence-electron chi connectivity index (χ4n) is 3.09. The molecule has 1 aliphatic rings. The van der Waals surface area contributed by atoms with Gasteiger partial charge in [0, 0.05) is 29.3 Å². The summed E-state index contributed by atoms with van der Waals surface area (Å²) in [5.41, 5.74) is 1.93. The highest BCUT2D eigenvalue weighted by molar-refractivity contribution is 7.98. The van der Waals surface area contributed by atoms with Gasteiger partial charge in [-0.05, 0) is 54.1 Å². The normalized spacial score (nSPS) is 13.9. The second kappa shape index (κ2) is 9.63. The zero-order chi connectivity index (χ0) is 19.9. The van der Waals surface area contributed by atoms with Gasteiger partial charge in [0.05, 0.1) is 13.2 Å². The average Bonchev–Trinajstić information content (AvgIpc) is 2.80. The summed E-state index contributed by atoms with van der Waals surface area (Å²) in [6.07, 6.45) is 0. The molecular weight excluding hydrogens is 382 g/mol. The molecule has 1 amide bonds. The summed E-state index contributed by atoms with van der Waals surface area (Å²) in [6, 6.07) is 25.8. The summed E-state index contributed by atoms with van der Waals surface area (Å²) < 4.78 is 11.1. The van der Waals surface area contributed by atoms with Crippen LogP contribution in [0.15, 0.2) is 83.8 Å². The fourth-order valence-corrected chi connectivity index (χ4v) is 3.94. The third kappa shape index (κ3) is 5.40. The van der Waals surface area contributed by atoms with Crippen molar-refractivity contribution in [3.05, 3.63) is 90.0 Å². The Morgan fingerprint density at radius 1 is 0.862 bits per heavy atom. The van der Waals surface area contributed by atoms with Gasteiger partial charge in [-0.3, -0.25) is 4.79 Å². The molecule has 1 heterocycles. The number of benzene rings is 3. The second-order valence-electron chi connectivity index (χ2n) is 6.78. The van der Waals surface area contributed by atoms with Crippen LogP contribution in [0.25, 0.3) is 0 Å². The van der Waals surface area contributed by atoms with Crippen LogP contribution in [0.2, 0.25) is 0 Å². The van der Waals surface area contributed by atoms with Crippen LogP contribution in [0.4, 0.5) is 0 Å². The maximum Gasteiger partial charge on any atom is 0.254 e. The fraction of sp³-hybridized carbons (Fsp3) is 0.208. The van der Waals surface area contributed by atoms with Crippen molar-refractivity contribution in [3.8, 4) is 11.5 Å². The molecule has 0 spiro atoms. The molecule has 0 atom stereocenters. The monoisotopic (exact) mass is 405 g/mol. The Balaban J connectivity index is 1.30. The molecule has 0 saturated carbocycles. The summed E-state index contributed by atoms with van der Waals surface area (Å²) in [6.45, 7) is 2.58. The van der Waals surface area contributed by atoms with Gasteiger partial charge in [0.2, 0.25) is 0 Å². The van der Waals surface area contributed by atoms with Gasteiger partial charge in [-0.2, -0.15) is 0 Å². The number of rotatable bonds is 6. The first-order valence-electron chi connectivity index (χ1n) is 9.70. The topological polar surface area (TPSA) is 38.8 Å². The predicted molar refractivity (Wildman–Crippen MR) is 116 cm³/mol. The van der Waals surface area contributed by atoms with Crippen molar-refractivity contribution in [2.24, 2.45) is 0 Å². The van der Waals surface area contributed by atoms with Gasteiger partial charge in [0.1, 0.15) is 11.5 Å². The van der Waals surface area contributed by atoms with E-state index in [4.69, 9.17) is 9.47 Å². The first-order chi connectivity index (χ1) is 14.3. The summed E-state index contributed by atoms with van der Waals surface area (Å²) in [5, 5.41) is 0. The molecule has 0 unspecified atom stereocenters. The average molecular weight is 406 g/mol. The molecule has 0 aromatic heterocycles. The van der Waals surface area contributed by atoms with E-state index in [9.17, 15) is 4.79 Å². The lowest BCUT2D eigenvalue weighted by Gasteiger charge is -2.26. The van der Waals surface area contributed by atoms with E-state index in [1.54, 1.807) is 11.8 Å². The van der Waals surface area contributed by atoms with Crippen molar-refractivity contribution >= 4 is 17.7 Å². The number of carbonyl (C=O) groups excluding carboxylic acids is 1. The first kappa shape index (κ1) is 19.6. The van der Waals surface area contributed by atoms with Crippen LogP contribution in [0.5, 0.6) is 11.5 Å². The lowest BCUT2D eigenvalue weighted by atomic mass is 10.1. The Morgan fingerprint density at radius 2 is 1.52 bits per heavy atom. The van der Waals surface area contributed by atoms with E-state index in [0.717, 1.165) is 22.8 Å². The van der Waals surface area contributed by atoms with Crippen LogP contribution in [0, 0.1) is 0 Å². The molecule has 1 saturated heterocycles. The summed E-state index contributed by atoms with van der Waals surface area (Å²) in [7, 11) is 0. The van der Waals surface area contributed by atoms with E-state index in [2.05, 4.69) is 12.1 Å². The van der Waals surface area contributed by atoms with E-state index in [1.807, 2.05) is 71.6 Å². The van der Waals surface area contributed by atoms with Gasteiger partial charge < -0.3 is 14.4 Å². The number of ether oxygens (including phenoxy) is 2. The first-order valence-corrected chi connectivity index (χ1v) is 10.7. The Labute approximate surface area is 175 Å². The number of hydrogen-bond donors (Lipinski definition) is 0. The maximum absolute atomic E-state index is 12.5. The number of amides is 1. The van der Waals surface area contributed by atoms with Crippen molar-refractivity contribution in [1.29, 1.82) is 0 Å². The van der Waals surface area contributed by atoms with E-state index in [1.165, 1.54) is 10.5 Å². The second-order valence-corrected chi connectivity index (χ2v) is 7.83. The molecule has 4 rings (SSSR count). The minimum absolute atomic E-state index is 0.0847. The molecule has 4 nitrogen and oxygen atoms in total. The lowest BCUT2D eigenvalue weighted by molar-refractivity contribution is 0.0303. The quantitative estimate of drug-likeness (QED) is 0.526. The highest BCUT2D eigenvalue weighted by Crippen LogP contribution is 2.27. The molecule has 1 aliphatic heterocycles. The molecule has 148 valence electrons. The molecule has 5 heteroatoms. The van der Waals surface area contributed by atoms with E-state index >= 15 is 0 Å². The molecule has 29 heavy (non-hydrogen) atoms. The number of morpholine rings is 1. The highest BCUT2D eigenvalue weighted by atomic mass is 32.2. The number of para-hydroxylation sites is 1. The van der Waals surface area contributed by atoms with E-state index in [0.29, 0.717) is 26.3 Å². The third-order valence-corrected chi connectivity index (χ3v) is 5.79. The van der Waals surface area contributed by atoms with Gasteiger partial charge in [-0.1, -0.05) is 30.3 Å². The molecule has 0 radical (unpaired) electrons. The van der Waals surface area contributed by atoms with Crippen LogP contribution in [0.1, 0.15) is 15.9 Å². The molecule has 0 bridgehead atoms. The van der Waals surface area contributed by atoms with Crippen molar-refractivity contribution in [3.63, 3.8) is 0 Å². The summed E-state index contributed by atoms with van der Waals surface area (Å²) in [5.74, 6) is 2.60. The Bertz CT molecular complexity index is 921. The van der Waals surface area contributed by atoms with E-state index in [-0.39, 0.29) is 5.91 Å². The van der Waals surface area contributed by atoms with Crippen molar-refractivity contribution in [1.82, 2.24) is 4.90 Å². The van der Waals surface area contributed by atoms with Crippen LogP contribution >= 0.6 is 11.8 Å². The Morgan fingerprint density at radius 3 is 2.21 bits per heavy atom. The van der Waals surface area contributed by atoms with Gasteiger partial charge >= 0.3 is 0 Å². The minimum atomic E-state index is 0.0847. The smallest absolute Gasteiger partial charge is 0.254 e. The molecule has 3 aromatic carbocycles. The van der Waals surface area contributed by atoms with Gasteiger partial charge in [0.15, 0.2) is 0 Å². The van der Waals surface area contributed by atoms with Gasteiger partial charge in [0.25, 0.3) is 5.91 Å². The van der Waals surface area contributed by atoms with Crippen LogP contribution in [-0.4, -0.2) is 37.1 Å². The standard InChI is InChI=1S/C24H23NO3S/c26-24(25-14-16-27-17-15-25)20-8-6-19(7-9-20)18-29-23-12-10-22(11-13-23)28-21-4-2-1-3-5-21/h1-13H,14-18H2. The number of carbonyl (C=O) groups is 1. The highest BCUT2D eigenvalue weighted by Gasteiger charge is 2.18. The van der Waals surface area contributed by atoms with Crippen LogP contribution in [-0.2, 0) is 10.5 Å². The zero-order valence-corrected chi connectivity index (χ0v) is 16.9. The van der Waals surface area contributed by atoms with Gasteiger partial charge in [-0.15, -0.1) is 11.8 Å². The minimum Gasteiger partial charge on any atom is -0.457 e. The third-order valence-electron chi connectivity index (χ3n) is 4.71. The Kier molecular flexibility index (Phi) is 6.49. The van der Waals surface area contributed by atoms with Crippen molar-refractivity contribution in [2.45, 2.75) is 10.6 Å². The van der Waals surface area contributed by atoms with Crippen molar-refractivity contribution < 1.29 is 14.3 Å². The Hall–Kier alpha value is -2.76. The maximum atomic E-state index is 12.5. The largest absolute Gasteiger partial charge is 0.457 e. The molecule has 3 aromatic rings. The summed E-state index contributed by atoms with van der Waals surface area (Å²) >= 11 is 1.76. The zero-order valence-electron chi connectivity index (χ0n) is 16.1. The van der Waals surface area contributed by atoms with Gasteiger partial charge in [-0.25, -0.2) is 0 Å². The van der Waals surface area contributed by atoms with Crippen molar-refractivity contribution in [2.75, 3.05) is 26.3 Å². The molecule has 1 fully saturated rings. The van der Waals surface area contributed by atoms with Crippen LogP contribution < -0.4 is 4.74 Å². The molecular formula is C24H23NO3S. The number of thioether (sulfide) groups is 1. The lowest BCUT2D eigenvalue weighted by Crippen LogP contribution is -2.40. The number of nitrogens with zero attached hydrogens (tertiary/aromatic N) is 1. The van der Waals surface area contributed by atoms with Crippen LogP contribution in [0.3, 0.4) is 0 Å². The molecule has 0 N–H and O–H groups in total. The van der Waals surface area contributed by atoms with E-state index < -0.39 is 0 Å². The molecule has 0 aliphatic carbocycles.